The second-order valence-electron chi connectivity index (χ2n) is 7.40. The molecule has 0 bridgehead atoms. The standard InChI is InChI=1S/C23H23NO3S/c1-16-7-12-19(13-8-16)28(26,27)15-3-6-22(25)24-21-14-11-18-10-9-17-4-2-5-20(21)23(17)18/h2,4-5,7-8,11-14H,3,6,9-10,15H2,1H3,(H,24,25). The summed E-state index contributed by atoms with van der Waals surface area (Å²) in [6.07, 6.45) is 2.55. The number of hydrogen-bond donors (Lipinski definition) is 1. The van der Waals surface area contributed by atoms with E-state index in [9.17, 15) is 13.2 Å². The number of nitrogens with one attached hydrogen (secondary N) is 1. The highest BCUT2D eigenvalue weighted by atomic mass is 32.2. The molecule has 5 heteroatoms. The van der Waals surface area contributed by atoms with Crippen LogP contribution < -0.4 is 5.32 Å². The quantitative estimate of drug-likeness (QED) is 0.673. The third-order valence-corrected chi connectivity index (χ3v) is 7.16. The Bertz CT molecular complexity index is 1140. The monoisotopic (exact) mass is 393 g/mol. The zero-order valence-electron chi connectivity index (χ0n) is 15.9. The van der Waals surface area contributed by atoms with Gasteiger partial charge in [-0.2, -0.15) is 0 Å². The fraction of sp³-hybridized carbons (Fsp3) is 0.261. The van der Waals surface area contributed by atoms with Gasteiger partial charge in [-0.3, -0.25) is 4.79 Å². The van der Waals surface area contributed by atoms with Crippen molar-refractivity contribution in [3.63, 3.8) is 0 Å². The van der Waals surface area contributed by atoms with Crippen molar-refractivity contribution >= 4 is 32.2 Å². The van der Waals surface area contributed by atoms with Crippen molar-refractivity contribution in [2.75, 3.05) is 11.1 Å². The van der Waals surface area contributed by atoms with Gasteiger partial charge < -0.3 is 5.32 Å². The molecule has 4 nitrogen and oxygen atoms in total. The van der Waals surface area contributed by atoms with E-state index in [1.54, 1.807) is 24.3 Å². The van der Waals surface area contributed by atoms with Crippen molar-refractivity contribution < 1.29 is 13.2 Å². The summed E-state index contributed by atoms with van der Waals surface area (Å²) in [4.78, 5) is 12.7. The van der Waals surface area contributed by atoms with E-state index < -0.39 is 9.84 Å². The van der Waals surface area contributed by atoms with Crippen LogP contribution in [0.2, 0.25) is 0 Å². The van der Waals surface area contributed by atoms with Crippen molar-refractivity contribution in [2.24, 2.45) is 0 Å². The van der Waals surface area contributed by atoms with E-state index in [0.29, 0.717) is 11.3 Å². The Balaban J connectivity index is 1.41. The smallest absolute Gasteiger partial charge is 0.224 e. The van der Waals surface area contributed by atoms with Gasteiger partial charge in [0.1, 0.15) is 0 Å². The molecule has 3 aromatic carbocycles. The average Bonchev–Trinajstić information content (AvgIpc) is 3.09. The number of benzene rings is 3. The number of anilines is 1. The molecule has 0 saturated heterocycles. The average molecular weight is 394 g/mol. The van der Waals surface area contributed by atoms with Crippen LogP contribution in [0, 0.1) is 6.92 Å². The van der Waals surface area contributed by atoms with E-state index in [4.69, 9.17) is 0 Å². The molecule has 0 fully saturated rings. The Labute approximate surface area is 165 Å². The molecule has 28 heavy (non-hydrogen) atoms. The highest BCUT2D eigenvalue weighted by molar-refractivity contribution is 7.91. The van der Waals surface area contributed by atoms with Gasteiger partial charge in [-0.05, 0) is 60.9 Å². The Kier molecular flexibility index (Phi) is 4.94. The molecule has 0 saturated carbocycles. The van der Waals surface area contributed by atoms with Crippen molar-refractivity contribution in [3.05, 3.63) is 71.3 Å². The van der Waals surface area contributed by atoms with Crippen LogP contribution in [0.25, 0.3) is 10.8 Å². The summed E-state index contributed by atoms with van der Waals surface area (Å²) >= 11 is 0. The van der Waals surface area contributed by atoms with E-state index >= 15 is 0 Å². The number of aryl methyl sites for hydroxylation is 3. The van der Waals surface area contributed by atoms with Crippen LogP contribution >= 0.6 is 0 Å². The summed E-state index contributed by atoms with van der Waals surface area (Å²) in [5, 5.41) is 5.28. The third kappa shape index (κ3) is 3.67. The first-order valence-electron chi connectivity index (χ1n) is 9.57. The SMILES string of the molecule is Cc1ccc(S(=O)(=O)CCCC(=O)Nc2ccc3c4c(cccc24)CC3)cc1. The van der Waals surface area contributed by atoms with Crippen LogP contribution in [-0.2, 0) is 27.5 Å². The van der Waals surface area contributed by atoms with Crippen molar-refractivity contribution in [2.45, 2.75) is 37.5 Å². The second kappa shape index (κ2) is 7.40. The zero-order valence-corrected chi connectivity index (χ0v) is 16.7. The van der Waals surface area contributed by atoms with Crippen molar-refractivity contribution in [1.29, 1.82) is 0 Å². The summed E-state index contributed by atoms with van der Waals surface area (Å²) in [6, 6.07) is 17.0. The molecule has 144 valence electrons. The first kappa shape index (κ1) is 18.7. The van der Waals surface area contributed by atoms with Gasteiger partial charge in [-0.25, -0.2) is 8.42 Å². The molecule has 0 spiro atoms. The lowest BCUT2D eigenvalue weighted by molar-refractivity contribution is -0.116. The molecular weight excluding hydrogens is 370 g/mol. The molecule has 0 aromatic heterocycles. The molecule has 1 amide bonds. The van der Waals surface area contributed by atoms with Crippen LogP contribution in [0.1, 0.15) is 29.5 Å². The molecule has 0 atom stereocenters. The molecule has 1 aliphatic rings. The highest BCUT2D eigenvalue weighted by Gasteiger charge is 2.18. The molecule has 0 unspecified atom stereocenters. The minimum Gasteiger partial charge on any atom is -0.326 e. The molecule has 0 aliphatic heterocycles. The Hall–Kier alpha value is -2.66. The lowest BCUT2D eigenvalue weighted by Crippen LogP contribution is -2.14. The van der Waals surface area contributed by atoms with Gasteiger partial charge in [0.15, 0.2) is 9.84 Å². The lowest BCUT2D eigenvalue weighted by Gasteiger charge is -2.11. The van der Waals surface area contributed by atoms with Gasteiger partial charge >= 0.3 is 0 Å². The predicted molar refractivity (Wildman–Crippen MR) is 112 cm³/mol. The number of rotatable bonds is 6. The van der Waals surface area contributed by atoms with Crippen LogP contribution in [0.4, 0.5) is 5.69 Å². The van der Waals surface area contributed by atoms with Gasteiger partial charge in [-0.15, -0.1) is 0 Å². The first-order valence-corrected chi connectivity index (χ1v) is 11.2. The van der Waals surface area contributed by atoms with Crippen LogP contribution in [0.5, 0.6) is 0 Å². The van der Waals surface area contributed by atoms with E-state index in [1.807, 2.05) is 25.1 Å². The Morgan fingerprint density at radius 3 is 2.43 bits per heavy atom. The number of carbonyl (C=O) groups is 1. The number of hydrogen-bond acceptors (Lipinski definition) is 3. The maximum atomic E-state index is 12.4. The van der Waals surface area contributed by atoms with E-state index in [-0.39, 0.29) is 18.1 Å². The summed E-state index contributed by atoms with van der Waals surface area (Å²) in [5.41, 5.74) is 4.47. The summed E-state index contributed by atoms with van der Waals surface area (Å²) in [6.45, 7) is 1.92. The van der Waals surface area contributed by atoms with Gasteiger partial charge in [0, 0.05) is 17.5 Å². The van der Waals surface area contributed by atoms with Crippen molar-refractivity contribution in [3.8, 4) is 0 Å². The molecular formula is C23H23NO3S. The topological polar surface area (TPSA) is 63.2 Å². The number of sulfone groups is 1. The predicted octanol–water partition coefficient (Wildman–Crippen LogP) is 4.44. The highest BCUT2D eigenvalue weighted by Crippen LogP contribution is 2.35. The largest absolute Gasteiger partial charge is 0.326 e. The van der Waals surface area contributed by atoms with E-state index in [1.165, 1.54) is 16.5 Å². The van der Waals surface area contributed by atoms with Crippen LogP contribution in [-0.4, -0.2) is 20.1 Å². The molecule has 0 heterocycles. The van der Waals surface area contributed by atoms with E-state index in [0.717, 1.165) is 29.5 Å². The summed E-state index contributed by atoms with van der Waals surface area (Å²) in [5.74, 6) is -0.189. The lowest BCUT2D eigenvalue weighted by atomic mass is 10.0. The Morgan fingerprint density at radius 1 is 0.964 bits per heavy atom. The summed E-state index contributed by atoms with van der Waals surface area (Å²) in [7, 11) is -3.36. The molecule has 3 aromatic rings. The molecule has 4 rings (SSSR count). The molecule has 0 radical (unpaired) electrons. The van der Waals surface area contributed by atoms with Crippen molar-refractivity contribution in [1.82, 2.24) is 0 Å². The third-order valence-electron chi connectivity index (χ3n) is 5.35. The fourth-order valence-electron chi connectivity index (χ4n) is 3.85. The minimum absolute atomic E-state index is 0.0344. The Morgan fingerprint density at radius 2 is 1.68 bits per heavy atom. The van der Waals surface area contributed by atoms with Gasteiger partial charge in [0.25, 0.3) is 0 Å². The number of amides is 1. The molecule has 1 aliphatic carbocycles. The van der Waals surface area contributed by atoms with Gasteiger partial charge in [0.05, 0.1) is 10.6 Å². The fourth-order valence-corrected chi connectivity index (χ4v) is 5.17. The molecule has 1 N–H and O–H groups in total. The van der Waals surface area contributed by atoms with Gasteiger partial charge in [0.2, 0.25) is 5.91 Å². The normalized spacial score (nSPS) is 13.0. The maximum absolute atomic E-state index is 12.4. The minimum atomic E-state index is -3.36. The number of carbonyl (C=O) groups excluding carboxylic acids is 1. The van der Waals surface area contributed by atoms with Crippen LogP contribution in [0.15, 0.2) is 59.5 Å². The maximum Gasteiger partial charge on any atom is 0.224 e. The van der Waals surface area contributed by atoms with Crippen LogP contribution in [0.3, 0.4) is 0 Å². The van der Waals surface area contributed by atoms with E-state index in [2.05, 4.69) is 17.4 Å². The second-order valence-corrected chi connectivity index (χ2v) is 9.50. The first-order chi connectivity index (χ1) is 13.4. The summed E-state index contributed by atoms with van der Waals surface area (Å²) < 4.78 is 24.8. The zero-order chi connectivity index (χ0) is 19.7. The van der Waals surface area contributed by atoms with Gasteiger partial charge in [-0.1, -0.05) is 42.0 Å².